The van der Waals surface area contributed by atoms with Crippen LogP contribution in [0, 0.1) is 31.4 Å². The van der Waals surface area contributed by atoms with Crippen molar-refractivity contribution in [1.29, 1.82) is 0 Å². The Morgan fingerprint density at radius 2 is 1.76 bits per heavy atom. The number of amides is 3. The average Bonchev–Trinajstić information content (AvgIpc) is 3.91. The van der Waals surface area contributed by atoms with Crippen molar-refractivity contribution in [3.8, 4) is 11.4 Å². The van der Waals surface area contributed by atoms with Gasteiger partial charge in [0.05, 0.1) is 52.7 Å². The highest BCUT2D eigenvalue weighted by Gasteiger charge is 2.59. The molecule has 12 rings (SSSR count). The molecule has 3 aromatic carbocycles. The molecule has 2 saturated heterocycles. The predicted molar refractivity (Wildman–Crippen MR) is 243 cm³/mol. The summed E-state index contributed by atoms with van der Waals surface area (Å²) in [7, 11) is 1.72. The van der Waals surface area contributed by atoms with E-state index in [9.17, 15) is 4.79 Å². The van der Waals surface area contributed by atoms with Crippen LogP contribution in [-0.2, 0) is 23.7 Å². The number of nitrogens with zero attached hydrogens (tertiary/aromatic N) is 9. The molecule has 5 aliphatic rings. The van der Waals surface area contributed by atoms with E-state index in [1.807, 2.05) is 22.5 Å². The summed E-state index contributed by atoms with van der Waals surface area (Å²) >= 11 is 0. The molecule has 67 heavy (non-hydrogen) atoms. The van der Waals surface area contributed by atoms with Crippen LogP contribution in [0.2, 0.25) is 0 Å². The van der Waals surface area contributed by atoms with E-state index in [-0.39, 0.29) is 59.1 Å². The number of hydrogen-bond donors (Lipinski definition) is 1. The molecule has 1 N–H and O–H groups in total. The molecular formula is C49H50F2N10O6. The van der Waals surface area contributed by atoms with Gasteiger partial charge < -0.3 is 18.9 Å². The molecule has 3 fully saturated rings. The zero-order valence-corrected chi connectivity index (χ0v) is 38.3. The largest absolute Gasteiger partial charge is 0.489 e. The highest BCUT2D eigenvalue weighted by molar-refractivity contribution is 6.10. The first-order chi connectivity index (χ1) is 32.0. The van der Waals surface area contributed by atoms with Crippen molar-refractivity contribution >= 4 is 45.2 Å². The minimum absolute atomic E-state index is 0.00267. The van der Waals surface area contributed by atoms with Gasteiger partial charge in [0, 0.05) is 49.2 Å². The predicted octanol–water partition coefficient (Wildman–Crippen LogP) is 7.71. The van der Waals surface area contributed by atoms with E-state index in [4.69, 9.17) is 19.1 Å². The first-order valence-electron chi connectivity index (χ1n) is 23.0. The van der Waals surface area contributed by atoms with Crippen molar-refractivity contribution in [3.05, 3.63) is 110 Å². The highest BCUT2D eigenvalue weighted by atomic mass is 19.1. The molecule has 3 amide bonds. The van der Waals surface area contributed by atoms with Crippen LogP contribution in [0.5, 0.6) is 5.75 Å². The summed E-state index contributed by atoms with van der Waals surface area (Å²) in [5, 5.41) is 14.7. The molecule has 18 heteroatoms. The molecule has 8 heterocycles. The number of fused-ring (bicyclic) bond motifs is 6. The normalized spacial score (nSPS) is 24.3. The van der Waals surface area contributed by atoms with Crippen molar-refractivity contribution in [2.45, 2.75) is 96.4 Å². The number of carbonyl (C=O) groups excluding carboxylic acids is 2. The minimum atomic E-state index is -0.860. The van der Waals surface area contributed by atoms with Crippen LogP contribution in [0.15, 0.2) is 58.0 Å². The van der Waals surface area contributed by atoms with E-state index in [1.54, 1.807) is 53.4 Å². The Morgan fingerprint density at radius 1 is 0.985 bits per heavy atom. The second kappa shape index (κ2) is 14.3. The van der Waals surface area contributed by atoms with Gasteiger partial charge in [0.15, 0.2) is 11.6 Å². The van der Waals surface area contributed by atoms with Crippen LogP contribution in [0.4, 0.5) is 25.1 Å². The lowest BCUT2D eigenvalue weighted by Crippen LogP contribution is -2.42. The Balaban J connectivity index is 0.986. The number of nitrogens with one attached hydrogen (secondary N) is 1. The first kappa shape index (κ1) is 41.6. The van der Waals surface area contributed by atoms with Crippen molar-refractivity contribution in [1.82, 2.24) is 39.2 Å². The third-order valence-electron chi connectivity index (χ3n) is 15.2. The summed E-state index contributed by atoms with van der Waals surface area (Å²) < 4.78 is 54.3. The Labute approximate surface area is 383 Å². The Bertz CT molecular complexity index is 3300. The number of rotatable bonds is 6. The number of H-pyrrole nitrogens is 1. The van der Waals surface area contributed by atoms with E-state index in [1.165, 1.54) is 11.1 Å². The van der Waals surface area contributed by atoms with Gasteiger partial charge in [-0.2, -0.15) is 10.2 Å². The fourth-order valence-corrected chi connectivity index (χ4v) is 11.7. The van der Waals surface area contributed by atoms with Gasteiger partial charge in [-0.25, -0.2) is 23.1 Å². The Morgan fingerprint density at radius 3 is 2.48 bits per heavy atom. The highest BCUT2D eigenvalue weighted by Crippen LogP contribution is 2.56. The topological polar surface area (TPSA) is 162 Å². The average molecular weight is 913 g/mol. The van der Waals surface area contributed by atoms with Gasteiger partial charge in [-0.05, 0) is 113 Å². The van der Waals surface area contributed by atoms with E-state index < -0.39 is 35.2 Å². The first-order valence-corrected chi connectivity index (χ1v) is 23.0. The van der Waals surface area contributed by atoms with Crippen molar-refractivity contribution < 1.29 is 32.4 Å². The lowest BCUT2D eigenvalue weighted by molar-refractivity contribution is -0.0592. The van der Waals surface area contributed by atoms with Gasteiger partial charge in [-0.1, -0.05) is 18.1 Å². The SMILES string of the molecule is Cc1cc(-n2nc3c(c2N2C[C@@H]4COc5cc6c(cnn6C)c(F)c5N4C2=O)[C@H](C)N(C(=O)c2cc4cc([C@H]5CCOC(C)(C)C5)ccc4n2[C@@]2(c4noc(=O)[nH]4)C[C@@H]2C)CC3)cc(C)c1F. The second-order valence-electron chi connectivity index (χ2n) is 19.8. The number of hydrogen-bond acceptors (Lipinski definition) is 9. The van der Waals surface area contributed by atoms with Crippen LogP contribution in [0.1, 0.15) is 103 Å². The molecule has 1 saturated carbocycles. The third-order valence-corrected chi connectivity index (χ3v) is 15.2. The summed E-state index contributed by atoms with van der Waals surface area (Å²) in [6.07, 6.45) is 4.13. The Hall–Kier alpha value is -6.82. The number of aromatic nitrogens is 7. The van der Waals surface area contributed by atoms with E-state index in [2.05, 4.69) is 54.2 Å². The lowest BCUT2D eigenvalue weighted by atomic mass is 9.83. The van der Waals surface area contributed by atoms with Gasteiger partial charge in [-0.3, -0.25) is 28.8 Å². The van der Waals surface area contributed by atoms with E-state index in [0.29, 0.717) is 76.9 Å². The van der Waals surface area contributed by atoms with Crippen LogP contribution in [0.3, 0.4) is 0 Å². The fourth-order valence-electron chi connectivity index (χ4n) is 11.7. The van der Waals surface area contributed by atoms with Gasteiger partial charge in [-0.15, -0.1) is 0 Å². The van der Waals surface area contributed by atoms with Crippen molar-refractivity contribution in [3.63, 3.8) is 0 Å². The molecule has 1 aliphatic carbocycles. The summed E-state index contributed by atoms with van der Waals surface area (Å²) in [6.45, 7) is 12.8. The molecule has 5 atom stereocenters. The van der Waals surface area contributed by atoms with Crippen LogP contribution in [0.25, 0.3) is 27.5 Å². The smallest absolute Gasteiger partial charge is 0.438 e. The standard InChI is InChI=1S/C49H50F2N10O6/c1-24-14-31(15-25(2)40(24)50)61-43(58-22-32-23-65-38-18-36-33(21-52-56(36)7)41(51)42(38)59(32)47(58)64)39-27(4)57(12-10-34(39)54-61)44(62)37-17-30-16-28(29-11-13-66-48(5,6)20-29)8-9-35(30)60(37)49(19-26(49)3)45-53-46(63)67-55-45/h8-9,14-18,21,26-27,29,32H,10-13,19-20,22-23H2,1-7H3,(H,53,55,63)/t26-,27-,29-,32+,49-/m0/s1. The number of halogens is 2. The summed E-state index contributed by atoms with van der Waals surface area (Å²) in [6, 6.07) is 11.7. The molecule has 4 aromatic heterocycles. The van der Waals surface area contributed by atoms with Gasteiger partial charge >= 0.3 is 11.8 Å². The number of carbonyl (C=O) groups is 2. The maximum absolute atomic E-state index is 16.6. The monoisotopic (exact) mass is 912 g/mol. The Kier molecular flexibility index (Phi) is 8.91. The molecule has 0 radical (unpaired) electrons. The summed E-state index contributed by atoms with van der Waals surface area (Å²) in [4.78, 5) is 50.9. The quantitative estimate of drug-likeness (QED) is 0.176. The minimum Gasteiger partial charge on any atom is -0.489 e. The maximum atomic E-state index is 16.6. The van der Waals surface area contributed by atoms with E-state index in [0.717, 1.165) is 29.3 Å². The fraction of sp³-hybridized carbons (Fsp3) is 0.429. The number of urea groups is 1. The molecule has 0 spiro atoms. The van der Waals surface area contributed by atoms with E-state index >= 15 is 18.4 Å². The van der Waals surface area contributed by atoms with Gasteiger partial charge in [0.25, 0.3) is 5.91 Å². The summed E-state index contributed by atoms with van der Waals surface area (Å²) in [5.74, 6) is -0.621. The molecule has 0 unspecified atom stereocenters. The van der Waals surface area contributed by atoms with Crippen LogP contribution < -0.4 is 20.3 Å². The van der Waals surface area contributed by atoms with Crippen molar-refractivity contribution in [2.24, 2.45) is 13.0 Å². The number of ether oxygens (including phenoxy) is 2. The molecule has 346 valence electrons. The number of anilines is 2. The number of aryl methyl sites for hydroxylation is 3. The molecular weight excluding hydrogens is 863 g/mol. The van der Waals surface area contributed by atoms with Crippen molar-refractivity contribution in [2.75, 3.05) is 36.1 Å². The molecule has 4 aliphatic heterocycles. The van der Waals surface area contributed by atoms with Crippen LogP contribution in [-0.4, -0.2) is 89.1 Å². The maximum Gasteiger partial charge on any atom is 0.438 e. The van der Waals surface area contributed by atoms with Crippen LogP contribution >= 0.6 is 0 Å². The molecule has 0 bridgehead atoms. The summed E-state index contributed by atoms with van der Waals surface area (Å²) in [5.41, 5.74) is 4.53. The number of benzene rings is 3. The third kappa shape index (κ3) is 6.03. The number of aromatic amines is 1. The lowest BCUT2D eigenvalue weighted by Gasteiger charge is -2.35. The molecule has 16 nitrogen and oxygen atoms in total. The molecule has 7 aromatic rings. The zero-order valence-electron chi connectivity index (χ0n) is 38.3. The van der Waals surface area contributed by atoms with Gasteiger partial charge in [0.2, 0.25) is 0 Å². The second-order valence-corrected chi connectivity index (χ2v) is 19.8. The van der Waals surface area contributed by atoms with Gasteiger partial charge in [0.1, 0.15) is 40.9 Å². The zero-order chi connectivity index (χ0) is 46.6.